The summed E-state index contributed by atoms with van der Waals surface area (Å²) in [6.45, 7) is 8.31. The lowest BCUT2D eigenvalue weighted by molar-refractivity contribution is 0.0898. The van der Waals surface area contributed by atoms with Gasteiger partial charge in [-0.3, -0.25) is 0 Å². The molecule has 2 aromatic rings. The SMILES string of the molecule is C[Si](C)(C)CCOCn1cc(CC#N)c2cccnc21. The quantitative estimate of drug-likeness (QED) is 0.604. The van der Waals surface area contributed by atoms with Crippen molar-refractivity contribution >= 4 is 19.1 Å². The summed E-state index contributed by atoms with van der Waals surface area (Å²) in [6.07, 6.45) is 4.16. The van der Waals surface area contributed by atoms with Gasteiger partial charge in [-0.2, -0.15) is 5.26 Å². The van der Waals surface area contributed by atoms with Crippen LogP contribution in [0.4, 0.5) is 0 Å². The molecule has 0 amide bonds. The Balaban J connectivity index is 2.08. The Hall–Kier alpha value is -1.64. The molecule has 0 atom stereocenters. The minimum Gasteiger partial charge on any atom is -0.361 e. The minimum atomic E-state index is -1.05. The summed E-state index contributed by atoms with van der Waals surface area (Å²) in [6, 6.07) is 7.27. The third kappa shape index (κ3) is 3.68. The number of aromatic nitrogens is 2. The molecule has 0 N–H and O–H groups in total. The number of hydrogen-bond donors (Lipinski definition) is 0. The molecule has 2 heterocycles. The maximum absolute atomic E-state index is 8.89. The van der Waals surface area contributed by atoms with Crippen molar-refractivity contribution in [2.45, 2.75) is 38.8 Å². The summed E-state index contributed by atoms with van der Waals surface area (Å²) in [7, 11) is -1.05. The average molecular weight is 287 g/mol. The van der Waals surface area contributed by atoms with Gasteiger partial charge in [-0.15, -0.1) is 0 Å². The number of fused-ring (bicyclic) bond motifs is 1. The van der Waals surface area contributed by atoms with E-state index in [9.17, 15) is 0 Å². The lowest BCUT2D eigenvalue weighted by Gasteiger charge is -2.15. The van der Waals surface area contributed by atoms with E-state index in [2.05, 4.69) is 30.7 Å². The van der Waals surface area contributed by atoms with E-state index in [-0.39, 0.29) is 0 Å². The van der Waals surface area contributed by atoms with Gasteiger partial charge in [0.15, 0.2) is 0 Å². The molecule has 0 radical (unpaired) electrons. The van der Waals surface area contributed by atoms with Crippen molar-refractivity contribution in [3.63, 3.8) is 0 Å². The Kier molecular flexibility index (Phi) is 4.58. The molecule has 106 valence electrons. The van der Waals surface area contributed by atoms with Crippen molar-refractivity contribution in [2.75, 3.05) is 6.61 Å². The summed E-state index contributed by atoms with van der Waals surface area (Å²) in [5, 5.41) is 9.93. The lowest BCUT2D eigenvalue weighted by atomic mass is 10.2. The van der Waals surface area contributed by atoms with Gasteiger partial charge < -0.3 is 9.30 Å². The van der Waals surface area contributed by atoms with Crippen molar-refractivity contribution in [2.24, 2.45) is 0 Å². The van der Waals surface area contributed by atoms with Crippen LogP contribution in [0, 0.1) is 11.3 Å². The number of nitrogens with zero attached hydrogens (tertiary/aromatic N) is 3. The van der Waals surface area contributed by atoms with Crippen LogP contribution in [0.25, 0.3) is 11.0 Å². The lowest BCUT2D eigenvalue weighted by Crippen LogP contribution is -2.22. The molecule has 0 bridgehead atoms. The van der Waals surface area contributed by atoms with Crippen LogP contribution >= 0.6 is 0 Å². The first kappa shape index (κ1) is 14.8. The Morgan fingerprint density at radius 3 is 2.90 bits per heavy atom. The average Bonchev–Trinajstić information content (AvgIpc) is 2.73. The van der Waals surface area contributed by atoms with Crippen molar-refractivity contribution in [1.29, 1.82) is 5.26 Å². The molecule has 0 aliphatic heterocycles. The molecule has 2 rings (SSSR count). The van der Waals surface area contributed by atoms with Gasteiger partial charge in [0.1, 0.15) is 12.4 Å². The first-order valence-electron chi connectivity index (χ1n) is 6.89. The van der Waals surface area contributed by atoms with Gasteiger partial charge in [0.2, 0.25) is 0 Å². The predicted molar refractivity (Wildman–Crippen MR) is 83.2 cm³/mol. The first-order chi connectivity index (χ1) is 9.51. The zero-order chi connectivity index (χ0) is 14.6. The number of rotatable bonds is 6. The van der Waals surface area contributed by atoms with Crippen LogP contribution in [-0.2, 0) is 17.9 Å². The van der Waals surface area contributed by atoms with Crippen LogP contribution in [0.2, 0.25) is 25.7 Å². The normalized spacial score (nSPS) is 11.7. The van der Waals surface area contributed by atoms with E-state index >= 15 is 0 Å². The second kappa shape index (κ2) is 6.20. The number of nitriles is 1. The molecule has 0 spiro atoms. The highest BCUT2D eigenvalue weighted by Gasteiger charge is 2.13. The van der Waals surface area contributed by atoms with Crippen LogP contribution in [0.15, 0.2) is 24.5 Å². The summed E-state index contributed by atoms with van der Waals surface area (Å²) >= 11 is 0. The van der Waals surface area contributed by atoms with Gasteiger partial charge in [0, 0.05) is 32.5 Å². The second-order valence-corrected chi connectivity index (χ2v) is 11.8. The van der Waals surface area contributed by atoms with Gasteiger partial charge in [0.25, 0.3) is 0 Å². The van der Waals surface area contributed by atoms with Crippen LogP contribution in [0.3, 0.4) is 0 Å². The minimum absolute atomic E-state index is 0.407. The molecule has 0 fully saturated rings. The van der Waals surface area contributed by atoms with Crippen LogP contribution in [0.5, 0.6) is 0 Å². The molecule has 0 aromatic carbocycles. The van der Waals surface area contributed by atoms with Crippen molar-refractivity contribution in [1.82, 2.24) is 9.55 Å². The molecule has 0 aliphatic carbocycles. The third-order valence-electron chi connectivity index (χ3n) is 3.21. The van der Waals surface area contributed by atoms with Gasteiger partial charge in [-0.1, -0.05) is 19.6 Å². The molecule has 0 aliphatic rings. The fourth-order valence-electron chi connectivity index (χ4n) is 2.06. The highest BCUT2D eigenvalue weighted by Crippen LogP contribution is 2.20. The van der Waals surface area contributed by atoms with Crippen molar-refractivity contribution in [3.05, 3.63) is 30.1 Å². The van der Waals surface area contributed by atoms with Crippen molar-refractivity contribution in [3.8, 4) is 6.07 Å². The highest BCUT2D eigenvalue weighted by molar-refractivity contribution is 6.76. The largest absolute Gasteiger partial charge is 0.361 e. The Morgan fingerprint density at radius 2 is 2.20 bits per heavy atom. The highest BCUT2D eigenvalue weighted by atomic mass is 28.3. The molecule has 0 saturated carbocycles. The maximum Gasteiger partial charge on any atom is 0.142 e. The molecular weight excluding hydrogens is 266 g/mol. The van der Waals surface area contributed by atoms with E-state index in [1.54, 1.807) is 6.20 Å². The molecule has 2 aromatic heterocycles. The van der Waals surface area contributed by atoms with Crippen LogP contribution in [0.1, 0.15) is 5.56 Å². The van der Waals surface area contributed by atoms with E-state index in [1.165, 1.54) is 0 Å². The Morgan fingerprint density at radius 1 is 1.40 bits per heavy atom. The van der Waals surface area contributed by atoms with E-state index < -0.39 is 8.07 Å². The standard InChI is InChI=1S/C15H21N3OSi/c1-20(2,3)10-9-19-12-18-11-13(6-7-16)14-5-4-8-17-15(14)18/h4-5,8,11H,6,9-10,12H2,1-3H3. The smallest absolute Gasteiger partial charge is 0.142 e. The number of ether oxygens (including phenoxy) is 1. The zero-order valence-electron chi connectivity index (χ0n) is 12.4. The fraction of sp³-hybridized carbons (Fsp3) is 0.467. The topological polar surface area (TPSA) is 50.8 Å². The van der Waals surface area contributed by atoms with E-state index in [0.29, 0.717) is 13.2 Å². The summed E-state index contributed by atoms with van der Waals surface area (Å²) in [4.78, 5) is 4.39. The molecule has 20 heavy (non-hydrogen) atoms. The summed E-state index contributed by atoms with van der Waals surface area (Å²) in [5.41, 5.74) is 1.91. The summed E-state index contributed by atoms with van der Waals surface area (Å²) < 4.78 is 7.76. The molecular formula is C15H21N3OSi. The predicted octanol–water partition coefficient (Wildman–Crippen LogP) is 3.41. The second-order valence-electron chi connectivity index (χ2n) is 6.18. The van der Waals surface area contributed by atoms with E-state index in [1.807, 2.05) is 22.9 Å². The van der Waals surface area contributed by atoms with E-state index in [4.69, 9.17) is 10.00 Å². The van der Waals surface area contributed by atoms with Crippen LogP contribution < -0.4 is 0 Å². The fourth-order valence-corrected chi connectivity index (χ4v) is 2.82. The zero-order valence-corrected chi connectivity index (χ0v) is 13.4. The molecule has 0 saturated heterocycles. The molecule has 4 nitrogen and oxygen atoms in total. The Bertz CT molecular complexity index is 622. The van der Waals surface area contributed by atoms with Crippen molar-refractivity contribution < 1.29 is 4.74 Å². The molecule has 0 unspecified atom stereocenters. The first-order valence-corrected chi connectivity index (χ1v) is 10.6. The van der Waals surface area contributed by atoms with Gasteiger partial charge in [-0.25, -0.2) is 4.98 Å². The van der Waals surface area contributed by atoms with Crippen LogP contribution in [-0.4, -0.2) is 24.2 Å². The van der Waals surface area contributed by atoms with Gasteiger partial charge in [-0.05, 0) is 23.7 Å². The number of pyridine rings is 1. The third-order valence-corrected chi connectivity index (χ3v) is 4.92. The Labute approximate surface area is 121 Å². The van der Waals surface area contributed by atoms with E-state index in [0.717, 1.165) is 29.2 Å². The number of hydrogen-bond acceptors (Lipinski definition) is 3. The van der Waals surface area contributed by atoms with Gasteiger partial charge in [0.05, 0.1) is 12.5 Å². The monoisotopic (exact) mass is 287 g/mol. The maximum atomic E-state index is 8.89. The summed E-state index contributed by atoms with van der Waals surface area (Å²) in [5.74, 6) is 0. The molecule has 5 heteroatoms. The van der Waals surface area contributed by atoms with Gasteiger partial charge >= 0.3 is 0 Å².